The molecule has 3 rings (SSSR count). The summed E-state index contributed by atoms with van der Waals surface area (Å²) < 4.78 is 0.530. The molecule has 0 saturated carbocycles. The first-order chi connectivity index (χ1) is 9.77. The van der Waals surface area contributed by atoms with Crippen LogP contribution in [-0.4, -0.2) is 25.6 Å². The SMILES string of the molecule is O=C(O)c1[se]cc(-c2ccccc2)c1-c1ccccc1. The van der Waals surface area contributed by atoms with E-state index in [4.69, 9.17) is 0 Å². The van der Waals surface area contributed by atoms with E-state index in [2.05, 4.69) is 4.94 Å². The van der Waals surface area contributed by atoms with Gasteiger partial charge in [-0.25, -0.2) is 0 Å². The van der Waals surface area contributed by atoms with Crippen LogP contribution in [0, 0.1) is 0 Å². The first-order valence-corrected chi connectivity index (χ1v) is 8.07. The van der Waals surface area contributed by atoms with E-state index in [1.807, 2.05) is 60.7 Å². The third-order valence-corrected chi connectivity index (χ3v) is 5.16. The average Bonchev–Trinajstić information content (AvgIpc) is 2.94. The first-order valence-electron chi connectivity index (χ1n) is 6.23. The van der Waals surface area contributed by atoms with Crippen molar-refractivity contribution in [2.45, 2.75) is 0 Å². The molecule has 1 aromatic heterocycles. The molecule has 0 aliphatic rings. The van der Waals surface area contributed by atoms with Gasteiger partial charge in [-0.3, -0.25) is 0 Å². The van der Waals surface area contributed by atoms with Gasteiger partial charge in [0.1, 0.15) is 0 Å². The van der Waals surface area contributed by atoms with Gasteiger partial charge in [-0.2, -0.15) is 0 Å². The third kappa shape index (κ3) is 2.34. The maximum atomic E-state index is 11.5. The van der Waals surface area contributed by atoms with Gasteiger partial charge in [0.15, 0.2) is 0 Å². The van der Waals surface area contributed by atoms with Gasteiger partial charge < -0.3 is 0 Å². The van der Waals surface area contributed by atoms with Gasteiger partial charge >= 0.3 is 123 Å². The standard InChI is InChI=1S/C17H12O2Se/c18-17(19)16-15(13-9-5-2-6-10-13)14(11-20-16)12-7-3-1-4-8-12/h1-11H,(H,18,19). The number of carboxylic acids is 1. The zero-order valence-corrected chi connectivity index (χ0v) is 12.3. The first kappa shape index (κ1) is 12.9. The van der Waals surface area contributed by atoms with E-state index in [1.54, 1.807) is 0 Å². The molecule has 0 saturated heterocycles. The summed E-state index contributed by atoms with van der Waals surface area (Å²) in [5.41, 5.74) is 3.95. The zero-order chi connectivity index (χ0) is 13.9. The van der Waals surface area contributed by atoms with Crippen LogP contribution >= 0.6 is 0 Å². The van der Waals surface area contributed by atoms with Crippen LogP contribution in [0.4, 0.5) is 0 Å². The maximum absolute atomic E-state index is 11.5. The van der Waals surface area contributed by atoms with E-state index in [-0.39, 0.29) is 14.5 Å². The van der Waals surface area contributed by atoms with Gasteiger partial charge in [-0.05, 0) is 0 Å². The molecule has 3 aromatic rings. The Balaban J connectivity index is 2.25. The van der Waals surface area contributed by atoms with Crippen molar-refractivity contribution < 1.29 is 9.90 Å². The third-order valence-electron chi connectivity index (χ3n) is 3.13. The second-order valence-corrected chi connectivity index (χ2v) is 6.24. The Morgan fingerprint density at radius 3 is 1.95 bits per heavy atom. The van der Waals surface area contributed by atoms with E-state index in [9.17, 15) is 9.90 Å². The molecule has 0 aliphatic carbocycles. The molecule has 1 N–H and O–H groups in total. The van der Waals surface area contributed by atoms with E-state index in [0.29, 0.717) is 4.44 Å². The molecule has 0 radical (unpaired) electrons. The quantitative estimate of drug-likeness (QED) is 0.744. The Morgan fingerprint density at radius 2 is 1.40 bits per heavy atom. The second kappa shape index (κ2) is 5.49. The molecular formula is C17H12O2Se. The molecule has 1 heterocycles. The van der Waals surface area contributed by atoms with Crippen molar-refractivity contribution in [2.75, 3.05) is 0 Å². The van der Waals surface area contributed by atoms with E-state index in [0.717, 1.165) is 22.3 Å². The average molecular weight is 327 g/mol. The van der Waals surface area contributed by atoms with Crippen LogP contribution in [0.15, 0.2) is 65.6 Å². The summed E-state index contributed by atoms with van der Waals surface area (Å²) in [5.74, 6) is -0.814. The van der Waals surface area contributed by atoms with Crippen LogP contribution < -0.4 is 0 Å². The fourth-order valence-corrected chi connectivity index (χ4v) is 4.20. The summed E-state index contributed by atoms with van der Waals surface area (Å²) in [6.45, 7) is 0. The van der Waals surface area contributed by atoms with Crippen LogP contribution in [0.1, 0.15) is 9.23 Å². The van der Waals surface area contributed by atoms with Crippen LogP contribution in [0.25, 0.3) is 22.3 Å². The van der Waals surface area contributed by atoms with Crippen molar-refractivity contribution in [3.8, 4) is 22.3 Å². The predicted molar refractivity (Wildman–Crippen MR) is 81.2 cm³/mol. The zero-order valence-electron chi connectivity index (χ0n) is 10.6. The van der Waals surface area contributed by atoms with Gasteiger partial charge in [0.25, 0.3) is 0 Å². The van der Waals surface area contributed by atoms with Crippen molar-refractivity contribution in [1.29, 1.82) is 0 Å². The predicted octanol–water partition coefficient (Wildman–Crippen LogP) is 3.78. The monoisotopic (exact) mass is 328 g/mol. The molecule has 3 heteroatoms. The van der Waals surface area contributed by atoms with Crippen molar-refractivity contribution >= 4 is 20.5 Å². The van der Waals surface area contributed by atoms with Crippen LogP contribution in [0.2, 0.25) is 0 Å². The molecule has 2 nitrogen and oxygen atoms in total. The molecule has 0 atom stereocenters. The fraction of sp³-hybridized carbons (Fsp3) is 0. The summed E-state index contributed by atoms with van der Waals surface area (Å²) in [7, 11) is 0. The Labute approximate surface area is 123 Å². The van der Waals surface area contributed by atoms with Gasteiger partial charge in [0.2, 0.25) is 0 Å². The molecule has 0 spiro atoms. The fourth-order valence-electron chi connectivity index (χ4n) is 2.24. The topological polar surface area (TPSA) is 37.3 Å². The van der Waals surface area contributed by atoms with Gasteiger partial charge in [-0.1, -0.05) is 0 Å². The molecule has 2 aromatic carbocycles. The van der Waals surface area contributed by atoms with Gasteiger partial charge in [0.05, 0.1) is 0 Å². The van der Waals surface area contributed by atoms with Crippen molar-refractivity contribution in [2.24, 2.45) is 0 Å². The molecule has 0 bridgehead atoms. The number of benzene rings is 2. The van der Waals surface area contributed by atoms with Crippen LogP contribution in [-0.2, 0) is 0 Å². The van der Waals surface area contributed by atoms with E-state index in [1.165, 1.54) is 0 Å². The summed E-state index contributed by atoms with van der Waals surface area (Å²) in [4.78, 5) is 13.6. The van der Waals surface area contributed by atoms with Crippen molar-refractivity contribution in [3.63, 3.8) is 0 Å². The van der Waals surface area contributed by atoms with Gasteiger partial charge in [0, 0.05) is 0 Å². The van der Waals surface area contributed by atoms with Crippen LogP contribution in [0.3, 0.4) is 0 Å². The molecule has 0 fully saturated rings. The Bertz CT molecular complexity index is 730. The van der Waals surface area contributed by atoms with Crippen molar-refractivity contribution in [3.05, 3.63) is 70.0 Å². The van der Waals surface area contributed by atoms with E-state index >= 15 is 0 Å². The molecule has 20 heavy (non-hydrogen) atoms. The van der Waals surface area contributed by atoms with Gasteiger partial charge in [-0.15, -0.1) is 0 Å². The molecular weight excluding hydrogens is 315 g/mol. The summed E-state index contributed by atoms with van der Waals surface area (Å²) in [6.07, 6.45) is 0. The number of carbonyl (C=O) groups is 1. The summed E-state index contributed by atoms with van der Waals surface area (Å²) in [5, 5.41) is 9.43. The minimum absolute atomic E-state index is 0.123. The molecule has 98 valence electrons. The Kier molecular flexibility index (Phi) is 3.55. The second-order valence-electron chi connectivity index (χ2n) is 4.39. The number of hydrogen-bond donors (Lipinski definition) is 1. The molecule has 0 amide bonds. The number of aromatic carboxylic acids is 1. The molecule has 0 aliphatic heterocycles. The summed E-state index contributed by atoms with van der Waals surface area (Å²) >= 11 is -0.123. The van der Waals surface area contributed by atoms with Crippen molar-refractivity contribution in [1.82, 2.24) is 0 Å². The van der Waals surface area contributed by atoms with E-state index < -0.39 is 5.97 Å². The Morgan fingerprint density at radius 1 is 0.850 bits per heavy atom. The number of carboxylic acid groups (broad SMARTS) is 1. The number of hydrogen-bond acceptors (Lipinski definition) is 1. The minimum atomic E-state index is -0.814. The van der Waals surface area contributed by atoms with Crippen LogP contribution in [0.5, 0.6) is 0 Å². The summed E-state index contributed by atoms with van der Waals surface area (Å²) in [6, 6.07) is 19.7. The Hall–Kier alpha value is -2.09. The molecule has 0 unspecified atom stereocenters. The number of rotatable bonds is 3. The normalized spacial score (nSPS) is 10.4.